The van der Waals surface area contributed by atoms with Crippen LogP contribution in [0.25, 0.3) is 0 Å². The molecule has 0 saturated carbocycles. The minimum absolute atomic E-state index is 0.202. The predicted molar refractivity (Wildman–Crippen MR) is 68.7 cm³/mol. The van der Waals surface area contributed by atoms with Crippen molar-refractivity contribution in [2.24, 2.45) is 0 Å². The van der Waals surface area contributed by atoms with Crippen LogP contribution >= 0.6 is 0 Å². The Hall–Kier alpha value is -1.95. The van der Waals surface area contributed by atoms with Crippen molar-refractivity contribution in [2.75, 3.05) is 12.8 Å². The zero-order chi connectivity index (χ0) is 13.2. The third-order valence-corrected chi connectivity index (χ3v) is 3.16. The van der Waals surface area contributed by atoms with Gasteiger partial charge in [-0.2, -0.15) is 0 Å². The number of carbonyl (C=O) groups excluding carboxylic acids is 1. The summed E-state index contributed by atoms with van der Waals surface area (Å²) in [4.78, 5) is 11.4. The molecule has 1 aromatic carbocycles. The number of hydrogen-bond acceptors (Lipinski definition) is 3. The standard InChI is InChI=1S/C14H17NO2/c1-6-11-8(2)12(7-13(16)17-5)10(4)14(15)9(11)3/h1H,7,15H2,2-5H3. The average Bonchev–Trinajstić information content (AvgIpc) is 2.32. The summed E-state index contributed by atoms with van der Waals surface area (Å²) in [7, 11) is 1.37. The first-order valence-corrected chi connectivity index (χ1v) is 5.35. The van der Waals surface area contributed by atoms with Crippen LogP contribution in [-0.4, -0.2) is 13.1 Å². The number of terminal acetylenes is 1. The van der Waals surface area contributed by atoms with Gasteiger partial charge < -0.3 is 10.5 Å². The Morgan fingerprint density at radius 2 is 1.88 bits per heavy atom. The maximum absolute atomic E-state index is 11.4. The number of anilines is 1. The Morgan fingerprint density at radius 1 is 1.29 bits per heavy atom. The van der Waals surface area contributed by atoms with Crippen molar-refractivity contribution in [3.63, 3.8) is 0 Å². The second kappa shape index (κ2) is 4.92. The van der Waals surface area contributed by atoms with Gasteiger partial charge in [-0.25, -0.2) is 0 Å². The van der Waals surface area contributed by atoms with Gasteiger partial charge in [0.1, 0.15) is 0 Å². The van der Waals surface area contributed by atoms with Gasteiger partial charge in [0.05, 0.1) is 13.5 Å². The lowest BCUT2D eigenvalue weighted by atomic mass is 9.90. The summed E-state index contributed by atoms with van der Waals surface area (Å²) in [5, 5.41) is 0. The Bertz CT molecular complexity index is 510. The van der Waals surface area contributed by atoms with Crippen molar-refractivity contribution >= 4 is 11.7 Å². The van der Waals surface area contributed by atoms with E-state index in [2.05, 4.69) is 10.7 Å². The van der Waals surface area contributed by atoms with Crippen LogP contribution in [0.4, 0.5) is 5.69 Å². The normalized spacial score (nSPS) is 9.82. The number of rotatable bonds is 2. The van der Waals surface area contributed by atoms with Crippen LogP contribution in [0.1, 0.15) is 27.8 Å². The zero-order valence-corrected chi connectivity index (χ0v) is 10.7. The first-order valence-electron chi connectivity index (χ1n) is 5.35. The largest absolute Gasteiger partial charge is 0.469 e. The summed E-state index contributed by atoms with van der Waals surface area (Å²) >= 11 is 0. The summed E-state index contributed by atoms with van der Waals surface area (Å²) in [6.07, 6.45) is 5.68. The van der Waals surface area contributed by atoms with Gasteiger partial charge in [0.25, 0.3) is 0 Å². The van der Waals surface area contributed by atoms with Gasteiger partial charge in [0, 0.05) is 11.3 Å². The molecule has 3 heteroatoms. The van der Waals surface area contributed by atoms with Crippen LogP contribution in [0, 0.1) is 33.1 Å². The summed E-state index contributed by atoms with van der Waals surface area (Å²) in [5.41, 5.74) is 11.0. The fourth-order valence-corrected chi connectivity index (χ4v) is 1.99. The molecule has 17 heavy (non-hydrogen) atoms. The van der Waals surface area contributed by atoms with Gasteiger partial charge in [0.15, 0.2) is 0 Å². The first kappa shape index (κ1) is 13.1. The molecule has 0 heterocycles. The van der Waals surface area contributed by atoms with E-state index in [1.54, 1.807) is 0 Å². The number of benzene rings is 1. The number of carbonyl (C=O) groups is 1. The molecule has 0 atom stereocenters. The van der Waals surface area contributed by atoms with Crippen LogP contribution in [0.2, 0.25) is 0 Å². The number of hydrogen-bond donors (Lipinski definition) is 1. The third kappa shape index (κ3) is 2.26. The van der Waals surface area contributed by atoms with Crippen LogP contribution < -0.4 is 5.73 Å². The number of methoxy groups -OCH3 is 1. The molecule has 2 N–H and O–H groups in total. The maximum Gasteiger partial charge on any atom is 0.309 e. The first-order chi connectivity index (χ1) is 7.93. The Kier molecular flexibility index (Phi) is 3.80. The van der Waals surface area contributed by atoms with E-state index in [-0.39, 0.29) is 12.4 Å². The topological polar surface area (TPSA) is 52.3 Å². The summed E-state index contributed by atoms with van der Waals surface area (Å²) in [5.74, 6) is 2.34. The summed E-state index contributed by atoms with van der Waals surface area (Å²) in [6.45, 7) is 5.70. The lowest BCUT2D eigenvalue weighted by Crippen LogP contribution is -2.11. The van der Waals surface area contributed by atoms with Crippen molar-refractivity contribution in [3.8, 4) is 12.3 Å². The van der Waals surface area contributed by atoms with Gasteiger partial charge in [-0.1, -0.05) is 5.92 Å². The predicted octanol–water partition coefficient (Wildman–Crippen LogP) is 1.89. The van der Waals surface area contributed by atoms with E-state index in [1.807, 2.05) is 20.8 Å². The highest BCUT2D eigenvalue weighted by Gasteiger charge is 2.16. The molecule has 0 saturated heterocycles. The van der Waals surface area contributed by atoms with Crippen molar-refractivity contribution < 1.29 is 9.53 Å². The van der Waals surface area contributed by atoms with E-state index < -0.39 is 0 Å². The number of nitrogen functional groups attached to an aromatic ring is 1. The van der Waals surface area contributed by atoms with Crippen LogP contribution in [0.3, 0.4) is 0 Å². The molecule has 0 fully saturated rings. The molecular formula is C14H17NO2. The van der Waals surface area contributed by atoms with E-state index in [4.69, 9.17) is 12.2 Å². The van der Waals surface area contributed by atoms with Crippen molar-refractivity contribution in [2.45, 2.75) is 27.2 Å². The van der Waals surface area contributed by atoms with Gasteiger partial charge >= 0.3 is 5.97 Å². The highest BCUT2D eigenvalue weighted by Crippen LogP contribution is 2.28. The lowest BCUT2D eigenvalue weighted by Gasteiger charge is -2.16. The van der Waals surface area contributed by atoms with Gasteiger partial charge in [0.2, 0.25) is 0 Å². The van der Waals surface area contributed by atoms with E-state index in [1.165, 1.54) is 7.11 Å². The second-order valence-electron chi connectivity index (χ2n) is 4.04. The number of ether oxygens (including phenoxy) is 1. The highest BCUT2D eigenvalue weighted by atomic mass is 16.5. The Balaban J connectivity index is 3.46. The highest BCUT2D eigenvalue weighted by molar-refractivity contribution is 5.76. The smallest absolute Gasteiger partial charge is 0.309 e. The summed E-state index contributed by atoms with van der Waals surface area (Å²) in [6, 6.07) is 0. The van der Waals surface area contributed by atoms with E-state index in [9.17, 15) is 4.79 Å². The molecule has 0 spiro atoms. The van der Waals surface area contributed by atoms with Crippen molar-refractivity contribution in [3.05, 3.63) is 27.8 Å². The molecule has 0 unspecified atom stereocenters. The quantitative estimate of drug-likeness (QED) is 0.480. The number of nitrogens with two attached hydrogens (primary N) is 1. The fourth-order valence-electron chi connectivity index (χ4n) is 1.99. The molecule has 3 nitrogen and oxygen atoms in total. The third-order valence-electron chi connectivity index (χ3n) is 3.16. The minimum atomic E-state index is -0.289. The van der Waals surface area contributed by atoms with Crippen LogP contribution in [0.15, 0.2) is 0 Å². The molecule has 0 amide bonds. The average molecular weight is 231 g/mol. The molecule has 0 aliphatic rings. The van der Waals surface area contributed by atoms with Crippen molar-refractivity contribution in [1.82, 2.24) is 0 Å². The van der Waals surface area contributed by atoms with Crippen molar-refractivity contribution in [1.29, 1.82) is 0 Å². The van der Waals surface area contributed by atoms with E-state index in [0.717, 1.165) is 27.8 Å². The molecule has 0 aliphatic heterocycles. The second-order valence-corrected chi connectivity index (χ2v) is 4.04. The van der Waals surface area contributed by atoms with Gasteiger partial charge in [-0.15, -0.1) is 6.42 Å². The maximum atomic E-state index is 11.4. The van der Waals surface area contributed by atoms with E-state index >= 15 is 0 Å². The van der Waals surface area contributed by atoms with Gasteiger partial charge in [-0.05, 0) is 43.0 Å². The molecule has 0 bridgehead atoms. The zero-order valence-electron chi connectivity index (χ0n) is 10.7. The Morgan fingerprint density at radius 3 is 2.35 bits per heavy atom. The fraction of sp³-hybridized carbons (Fsp3) is 0.357. The molecule has 0 aromatic heterocycles. The molecule has 90 valence electrons. The van der Waals surface area contributed by atoms with E-state index in [0.29, 0.717) is 5.69 Å². The van der Waals surface area contributed by atoms with Crippen LogP contribution in [0.5, 0.6) is 0 Å². The Labute approximate surface area is 102 Å². The number of esters is 1. The molecule has 0 radical (unpaired) electrons. The molecule has 0 aliphatic carbocycles. The van der Waals surface area contributed by atoms with Gasteiger partial charge in [-0.3, -0.25) is 4.79 Å². The molecular weight excluding hydrogens is 214 g/mol. The molecule has 1 rings (SSSR count). The summed E-state index contributed by atoms with van der Waals surface area (Å²) < 4.78 is 4.68. The molecule has 1 aromatic rings. The minimum Gasteiger partial charge on any atom is -0.469 e. The monoisotopic (exact) mass is 231 g/mol. The van der Waals surface area contributed by atoms with Crippen LogP contribution in [-0.2, 0) is 16.0 Å². The SMILES string of the molecule is C#Cc1c(C)c(N)c(C)c(CC(=O)OC)c1C. The lowest BCUT2D eigenvalue weighted by molar-refractivity contribution is -0.139.